The van der Waals surface area contributed by atoms with Crippen molar-refractivity contribution in [2.24, 2.45) is 0 Å². The number of aromatic carboxylic acids is 1. The largest absolute Gasteiger partial charge is 0.478 e. The molecular weight excluding hydrogens is 348 g/mol. The van der Waals surface area contributed by atoms with Gasteiger partial charge in [0.15, 0.2) is 0 Å². The molecular formula is C14H8BrF2NO3. The number of halogens is 3. The molecule has 0 aliphatic rings. The molecule has 0 heterocycles. The summed E-state index contributed by atoms with van der Waals surface area (Å²) in [5.74, 6) is -3.88. The molecule has 0 bridgehead atoms. The van der Waals surface area contributed by atoms with E-state index in [2.05, 4.69) is 21.2 Å². The van der Waals surface area contributed by atoms with E-state index in [0.717, 1.165) is 18.2 Å². The van der Waals surface area contributed by atoms with E-state index in [9.17, 15) is 18.4 Å². The molecule has 108 valence electrons. The second-order valence-electron chi connectivity index (χ2n) is 4.05. The highest BCUT2D eigenvalue weighted by molar-refractivity contribution is 9.10. The highest BCUT2D eigenvalue weighted by atomic mass is 79.9. The average Bonchev–Trinajstić information content (AvgIpc) is 2.43. The Kier molecular flexibility index (Phi) is 4.32. The van der Waals surface area contributed by atoms with Gasteiger partial charge in [-0.1, -0.05) is 6.07 Å². The number of amides is 1. The number of rotatable bonds is 3. The SMILES string of the molecule is O=C(Nc1c(Br)cccc1C(=O)O)c1cc(F)ccc1F. The van der Waals surface area contributed by atoms with Crippen molar-refractivity contribution in [1.82, 2.24) is 0 Å². The smallest absolute Gasteiger partial charge is 0.337 e. The van der Waals surface area contributed by atoms with Crippen LogP contribution in [0.1, 0.15) is 20.7 Å². The molecule has 0 aliphatic heterocycles. The molecule has 21 heavy (non-hydrogen) atoms. The van der Waals surface area contributed by atoms with Gasteiger partial charge in [-0.05, 0) is 46.3 Å². The van der Waals surface area contributed by atoms with Crippen LogP contribution in [0.2, 0.25) is 0 Å². The van der Waals surface area contributed by atoms with Gasteiger partial charge in [-0.3, -0.25) is 4.79 Å². The quantitative estimate of drug-likeness (QED) is 0.882. The lowest BCUT2D eigenvalue weighted by Crippen LogP contribution is -2.17. The number of anilines is 1. The predicted molar refractivity (Wildman–Crippen MR) is 75.4 cm³/mol. The molecule has 0 aromatic heterocycles. The fraction of sp³-hybridized carbons (Fsp3) is 0. The van der Waals surface area contributed by atoms with Gasteiger partial charge in [-0.2, -0.15) is 0 Å². The summed E-state index contributed by atoms with van der Waals surface area (Å²) in [6, 6.07) is 6.72. The third-order valence-corrected chi connectivity index (χ3v) is 3.32. The lowest BCUT2D eigenvalue weighted by atomic mass is 10.1. The molecule has 0 atom stereocenters. The molecule has 0 spiro atoms. The molecule has 2 N–H and O–H groups in total. The molecule has 0 fully saturated rings. The standard InChI is InChI=1S/C14H8BrF2NO3/c15-10-3-1-2-8(14(20)21)12(10)18-13(19)9-6-7(16)4-5-11(9)17/h1-6H,(H,18,19)(H,20,21). The summed E-state index contributed by atoms with van der Waals surface area (Å²) in [5.41, 5.74) is -0.713. The van der Waals surface area contributed by atoms with Crippen LogP contribution in [0.3, 0.4) is 0 Å². The maximum atomic E-state index is 13.5. The van der Waals surface area contributed by atoms with E-state index in [1.54, 1.807) is 0 Å². The van der Waals surface area contributed by atoms with Crippen LogP contribution in [-0.4, -0.2) is 17.0 Å². The van der Waals surface area contributed by atoms with E-state index in [0.29, 0.717) is 4.47 Å². The van der Waals surface area contributed by atoms with Crippen molar-refractivity contribution in [3.05, 3.63) is 63.6 Å². The van der Waals surface area contributed by atoms with Crippen LogP contribution in [-0.2, 0) is 0 Å². The predicted octanol–water partition coefficient (Wildman–Crippen LogP) is 3.68. The first-order valence-electron chi connectivity index (χ1n) is 5.68. The third-order valence-electron chi connectivity index (χ3n) is 2.66. The monoisotopic (exact) mass is 355 g/mol. The fourth-order valence-corrected chi connectivity index (χ4v) is 2.15. The first-order chi connectivity index (χ1) is 9.90. The summed E-state index contributed by atoms with van der Waals surface area (Å²) in [5, 5.41) is 11.3. The number of benzene rings is 2. The molecule has 0 unspecified atom stereocenters. The minimum atomic E-state index is -1.26. The zero-order chi connectivity index (χ0) is 15.6. The Labute approximate surface area is 126 Å². The highest BCUT2D eigenvalue weighted by Gasteiger charge is 2.18. The van der Waals surface area contributed by atoms with Gasteiger partial charge in [0, 0.05) is 4.47 Å². The zero-order valence-corrected chi connectivity index (χ0v) is 11.9. The Hall–Kier alpha value is -2.28. The third kappa shape index (κ3) is 3.25. The van der Waals surface area contributed by atoms with Crippen molar-refractivity contribution < 1.29 is 23.5 Å². The van der Waals surface area contributed by atoms with Crippen LogP contribution >= 0.6 is 15.9 Å². The molecule has 0 saturated heterocycles. The topological polar surface area (TPSA) is 66.4 Å². The van der Waals surface area contributed by atoms with Gasteiger partial charge < -0.3 is 10.4 Å². The van der Waals surface area contributed by atoms with Gasteiger partial charge in [-0.15, -0.1) is 0 Å². The number of carbonyl (C=O) groups is 2. The van der Waals surface area contributed by atoms with Gasteiger partial charge >= 0.3 is 5.97 Å². The van der Waals surface area contributed by atoms with Crippen molar-refractivity contribution in [2.75, 3.05) is 5.32 Å². The van der Waals surface area contributed by atoms with Crippen LogP contribution in [0, 0.1) is 11.6 Å². The lowest BCUT2D eigenvalue weighted by molar-refractivity contribution is 0.0698. The number of hydrogen-bond donors (Lipinski definition) is 2. The minimum absolute atomic E-state index is 0.0290. The van der Waals surface area contributed by atoms with E-state index >= 15 is 0 Å². The van der Waals surface area contributed by atoms with Crippen LogP contribution in [0.25, 0.3) is 0 Å². The number of carboxylic acid groups (broad SMARTS) is 1. The van der Waals surface area contributed by atoms with Crippen molar-refractivity contribution in [2.45, 2.75) is 0 Å². The van der Waals surface area contributed by atoms with E-state index < -0.39 is 29.1 Å². The van der Waals surface area contributed by atoms with Crippen molar-refractivity contribution >= 4 is 33.5 Å². The summed E-state index contributed by atoms with van der Waals surface area (Å²) >= 11 is 3.10. The van der Waals surface area contributed by atoms with Gasteiger partial charge in [0.05, 0.1) is 16.8 Å². The average molecular weight is 356 g/mol. The molecule has 0 aliphatic carbocycles. The van der Waals surface area contributed by atoms with Gasteiger partial charge in [0.2, 0.25) is 0 Å². The summed E-state index contributed by atoms with van der Waals surface area (Å²) in [6.07, 6.45) is 0. The summed E-state index contributed by atoms with van der Waals surface area (Å²) in [6.45, 7) is 0. The van der Waals surface area contributed by atoms with E-state index in [-0.39, 0.29) is 11.3 Å². The Morgan fingerprint density at radius 1 is 1.10 bits per heavy atom. The summed E-state index contributed by atoms with van der Waals surface area (Å²) < 4.78 is 26.9. The van der Waals surface area contributed by atoms with Gasteiger partial charge in [0.25, 0.3) is 5.91 Å². The van der Waals surface area contributed by atoms with Crippen LogP contribution in [0.15, 0.2) is 40.9 Å². The molecule has 2 aromatic rings. The Morgan fingerprint density at radius 3 is 2.48 bits per heavy atom. The highest BCUT2D eigenvalue weighted by Crippen LogP contribution is 2.27. The molecule has 0 radical (unpaired) electrons. The van der Waals surface area contributed by atoms with Crippen molar-refractivity contribution in [1.29, 1.82) is 0 Å². The molecule has 1 amide bonds. The maximum absolute atomic E-state index is 13.5. The Balaban J connectivity index is 2.41. The van der Waals surface area contributed by atoms with Crippen LogP contribution in [0.4, 0.5) is 14.5 Å². The first kappa shape index (κ1) is 15.1. The van der Waals surface area contributed by atoms with Crippen LogP contribution in [0.5, 0.6) is 0 Å². The number of carboxylic acids is 1. The lowest BCUT2D eigenvalue weighted by Gasteiger charge is -2.11. The van der Waals surface area contributed by atoms with Crippen molar-refractivity contribution in [3.8, 4) is 0 Å². The van der Waals surface area contributed by atoms with E-state index in [1.807, 2.05) is 0 Å². The molecule has 2 aromatic carbocycles. The number of hydrogen-bond acceptors (Lipinski definition) is 2. The zero-order valence-electron chi connectivity index (χ0n) is 10.4. The molecule has 0 saturated carbocycles. The van der Waals surface area contributed by atoms with E-state index in [1.165, 1.54) is 18.2 Å². The summed E-state index contributed by atoms with van der Waals surface area (Å²) in [4.78, 5) is 23.1. The molecule has 2 rings (SSSR count). The molecule has 7 heteroatoms. The number of nitrogens with one attached hydrogen (secondary N) is 1. The number of para-hydroxylation sites is 1. The van der Waals surface area contributed by atoms with Crippen LogP contribution < -0.4 is 5.32 Å². The second kappa shape index (κ2) is 6.01. The summed E-state index contributed by atoms with van der Waals surface area (Å²) in [7, 11) is 0. The Bertz CT molecular complexity index is 734. The van der Waals surface area contributed by atoms with Crippen molar-refractivity contribution in [3.63, 3.8) is 0 Å². The normalized spacial score (nSPS) is 10.2. The molecule has 4 nitrogen and oxygen atoms in total. The fourth-order valence-electron chi connectivity index (χ4n) is 1.68. The second-order valence-corrected chi connectivity index (χ2v) is 4.90. The first-order valence-corrected chi connectivity index (χ1v) is 6.47. The Morgan fingerprint density at radius 2 is 1.81 bits per heavy atom. The maximum Gasteiger partial charge on any atom is 0.337 e. The van der Waals surface area contributed by atoms with E-state index in [4.69, 9.17) is 5.11 Å². The van der Waals surface area contributed by atoms with Gasteiger partial charge in [-0.25, -0.2) is 13.6 Å². The van der Waals surface area contributed by atoms with Gasteiger partial charge in [0.1, 0.15) is 11.6 Å². The number of carbonyl (C=O) groups excluding carboxylic acids is 1. The minimum Gasteiger partial charge on any atom is -0.478 e.